The SMILES string of the molecule is Cc1ncccc1C(=O)c1nc(NCCCCN)ccc1C(F)(F)F.[HH].[HH].[HH].[HH]. The fourth-order valence-electron chi connectivity index (χ4n) is 2.30. The van der Waals surface area contributed by atoms with E-state index in [4.69, 9.17) is 5.73 Å². The van der Waals surface area contributed by atoms with Gasteiger partial charge in [0.1, 0.15) is 11.5 Å². The molecule has 2 aromatic heterocycles. The van der Waals surface area contributed by atoms with E-state index in [0.29, 0.717) is 18.8 Å². The summed E-state index contributed by atoms with van der Waals surface area (Å²) in [4.78, 5) is 20.5. The van der Waals surface area contributed by atoms with Gasteiger partial charge in [0.25, 0.3) is 0 Å². The predicted molar refractivity (Wildman–Crippen MR) is 96.9 cm³/mol. The minimum Gasteiger partial charge on any atom is -0.370 e. The molecule has 0 fully saturated rings. The van der Waals surface area contributed by atoms with Crippen LogP contribution in [0.1, 0.15) is 45.9 Å². The van der Waals surface area contributed by atoms with Crippen LogP contribution < -0.4 is 11.1 Å². The highest BCUT2D eigenvalue weighted by Gasteiger charge is 2.37. The topological polar surface area (TPSA) is 80.9 Å². The number of carbonyl (C=O) groups is 1. The Kier molecular flexibility index (Phi) is 6.08. The van der Waals surface area contributed by atoms with Crippen LogP contribution in [0.5, 0.6) is 0 Å². The molecule has 5 nitrogen and oxygen atoms in total. The average Bonchev–Trinajstić information content (AvgIpc) is 2.57. The van der Waals surface area contributed by atoms with E-state index in [-0.39, 0.29) is 17.1 Å². The van der Waals surface area contributed by atoms with Gasteiger partial charge < -0.3 is 11.1 Å². The summed E-state index contributed by atoms with van der Waals surface area (Å²) in [6.07, 6.45) is -1.66. The Morgan fingerprint density at radius 1 is 1.28 bits per heavy atom. The van der Waals surface area contributed by atoms with Crippen LogP contribution in [0.25, 0.3) is 0 Å². The molecule has 142 valence electrons. The highest BCUT2D eigenvalue weighted by Crippen LogP contribution is 2.33. The zero-order valence-corrected chi connectivity index (χ0v) is 13.7. The molecule has 2 rings (SSSR count). The van der Waals surface area contributed by atoms with Crippen LogP contribution in [0.2, 0.25) is 0 Å². The molecule has 0 aliphatic carbocycles. The summed E-state index contributed by atoms with van der Waals surface area (Å²) in [6, 6.07) is 5.03. The highest BCUT2D eigenvalue weighted by atomic mass is 19.4. The van der Waals surface area contributed by atoms with Crippen LogP contribution in [-0.2, 0) is 6.18 Å². The molecule has 0 saturated carbocycles. The fourth-order valence-corrected chi connectivity index (χ4v) is 2.30. The number of hydrogen-bond acceptors (Lipinski definition) is 5. The third-order valence-corrected chi connectivity index (χ3v) is 3.60. The van der Waals surface area contributed by atoms with Gasteiger partial charge in [-0.25, -0.2) is 4.98 Å². The molecule has 3 N–H and O–H groups in total. The molecule has 8 heteroatoms. The third kappa shape index (κ3) is 4.76. The smallest absolute Gasteiger partial charge is 0.370 e. The first-order valence-electron chi connectivity index (χ1n) is 7.83. The van der Waals surface area contributed by atoms with Gasteiger partial charge in [-0.3, -0.25) is 9.78 Å². The van der Waals surface area contributed by atoms with Crippen molar-refractivity contribution in [3.05, 3.63) is 53.0 Å². The van der Waals surface area contributed by atoms with Gasteiger partial charge in [-0.05, 0) is 50.6 Å². The summed E-state index contributed by atoms with van der Waals surface area (Å²) in [6.45, 7) is 2.61. The monoisotopic (exact) mass is 360 g/mol. The van der Waals surface area contributed by atoms with Gasteiger partial charge >= 0.3 is 6.18 Å². The number of halogens is 3. The molecule has 0 radical (unpaired) electrons. The van der Waals surface area contributed by atoms with E-state index in [1.165, 1.54) is 24.4 Å². The van der Waals surface area contributed by atoms with Gasteiger partial charge in [0, 0.05) is 29.7 Å². The minimum absolute atomic E-state index is 0. The molecule has 0 unspecified atom stereocenters. The van der Waals surface area contributed by atoms with E-state index in [1.807, 2.05) is 0 Å². The number of carbonyl (C=O) groups excluding carboxylic acids is 1. The summed E-state index contributed by atoms with van der Waals surface area (Å²) in [5, 5.41) is 2.92. The van der Waals surface area contributed by atoms with Crippen molar-refractivity contribution in [1.29, 1.82) is 0 Å². The number of nitrogens with two attached hydrogens (primary N) is 1. The molecule has 2 heterocycles. The quantitative estimate of drug-likeness (QED) is 0.572. The molecule has 0 aliphatic heterocycles. The van der Waals surface area contributed by atoms with Gasteiger partial charge in [-0.15, -0.1) is 0 Å². The van der Waals surface area contributed by atoms with Gasteiger partial charge in [0.2, 0.25) is 5.78 Å². The van der Waals surface area contributed by atoms with Crippen LogP contribution in [-0.4, -0.2) is 28.8 Å². The molecule has 0 atom stereocenters. The van der Waals surface area contributed by atoms with Crippen molar-refractivity contribution in [2.24, 2.45) is 5.73 Å². The van der Waals surface area contributed by atoms with Crippen molar-refractivity contribution in [2.75, 3.05) is 18.4 Å². The van der Waals surface area contributed by atoms with E-state index in [2.05, 4.69) is 15.3 Å². The summed E-state index contributed by atoms with van der Waals surface area (Å²) in [5.74, 6) is -0.585. The van der Waals surface area contributed by atoms with Crippen molar-refractivity contribution < 1.29 is 23.7 Å². The van der Waals surface area contributed by atoms with Gasteiger partial charge in [-0.2, -0.15) is 13.2 Å². The van der Waals surface area contributed by atoms with Crippen LogP contribution in [0.3, 0.4) is 0 Å². The lowest BCUT2D eigenvalue weighted by Gasteiger charge is -2.14. The maximum atomic E-state index is 13.3. The van der Waals surface area contributed by atoms with Crippen LogP contribution in [0.4, 0.5) is 19.0 Å². The maximum absolute atomic E-state index is 13.3. The standard InChI is InChI=1S/C17H19F3N4O.4H2/c1-11-12(5-4-10-22-11)16(25)15-13(17(18,19)20)6-7-14(24-15)23-9-3-2-8-21;;;;/h4-7,10H,2-3,8-9,21H2,1H3,(H,23,24);4*1H. The Labute approximate surface area is 149 Å². The zero-order valence-electron chi connectivity index (χ0n) is 13.7. The first kappa shape index (κ1) is 18.9. The number of aryl methyl sites for hydroxylation is 1. The lowest BCUT2D eigenvalue weighted by molar-refractivity contribution is -0.138. The summed E-state index contributed by atoms with van der Waals surface area (Å²) < 4.78 is 39.8. The molecular formula is C17H27F3N4O. The van der Waals surface area contributed by atoms with E-state index < -0.39 is 23.2 Å². The Morgan fingerprint density at radius 3 is 2.68 bits per heavy atom. The van der Waals surface area contributed by atoms with Crippen molar-refractivity contribution in [3.63, 3.8) is 0 Å². The normalized spacial score (nSPS) is 11.4. The predicted octanol–water partition coefficient (Wildman–Crippen LogP) is 4.17. The Hall–Kier alpha value is -2.48. The Bertz CT molecular complexity index is 764. The zero-order chi connectivity index (χ0) is 18.4. The lowest BCUT2D eigenvalue weighted by atomic mass is 10.0. The number of rotatable bonds is 7. The molecule has 0 bridgehead atoms. The number of hydrogen-bond donors (Lipinski definition) is 2. The molecule has 2 aromatic rings. The second kappa shape index (κ2) is 8.06. The molecule has 25 heavy (non-hydrogen) atoms. The second-order valence-electron chi connectivity index (χ2n) is 5.48. The molecular weight excluding hydrogens is 333 g/mol. The third-order valence-electron chi connectivity index (χ3n) is 3.60. The Balaban J connectivity index is -0.00000169. The molecule has 0 saturated heterocycles. The Morgan fingerprint density at radius 2 is 2.04 bits per heavy atom. The van der Waals surface area contributed by atoms with Gasteiger partial charge in [0.15, 0.2) is 0 Å². The first-order valence-corrected chi connectivity index (χ1v) is 7.83. The number of alkyl halides is 3. The largest absolute Gasteiger partial charge is 0.418 e. The number of ketones is 1. The number of unbranched alkanes of at least 4 members (excludes halogenated alkanes) is 1. The highest BCUT2D eigenvalue weighted by molar-refractivity contribution is 6.09. The van der Waals surface area contributed by atoms with Crippen molar-refractivity contribution >= 4 is 11.6 Å². The summed E-state index contributed by atoms with van der Waals surface area (Å²) in [5.41, 5.74) is 4.15. The maximum Gasteiger partial charge on any atom is 0.418 e. The van der Waals surface area contributed by atoms with Crippen LogP contribution in [0, 0.1) is 6.92 Å². The number of aromatic nitrogens is 2. The number of pyridine rings is 2. The molecule has 0 spiro atoms. The average molecular weight is 360 g/mol. The van der Waals surface area contributed by atoms with Crippen molar-refractivity contribution in [1.82, 2.24) is 9.97 Å². The molecule has 0 aliphatic rings. The van der Waals surface area contributed by atoms with E-state index in [0.717, 1.165) is 18.9 Å². The van der Waals surface area contributed by atoms with Crippen LogP contribution in [0.15, 0.2) is 30.5 Å². The van der Waals surface area contributed by atoms with Crippen LogP contribution >= 0.6 is 0 Å². The number of anilines is 1. The lowest BCUT2D eigenvalue weighted by Crippen LogP contribution is -2.18. The van der Waals surface area contributed by atoms with Gasteiger partial charge in [-0.1, -0.05) is 0 Å². The van der Waals surface area contributed by atoms with Gasteiger partial charge in [0.05, 0.1) is 5.56 Å². The van der Waals surface area contributed by atoms with Crippen molar-refractivity contribution in [3.8, 4) is 0 Å². The second-order valence-corrected chi connectivity index (χ2v) is 5.48. The minimum atomic E-state index is -4.67. The molecule has 0 aromatic carbocycles. The fraction of sp³-hybridized carbons (Fsp3) is 0.353. The molecule has 0 amide bonds. The number of nitrogens with zero attached hydrogens (tertiary/aromatic N) is 2. The van der Waals surface area contributed by atoms with E-state index >= 15 is 0 Å². The summed E-state index contributed by atoms with van der Waals surface area (Å²) >= 11 is 0. The summed E-state index contributed by atoms with van der Waals surface area (Å²) in [7, 11) is 0. The first-order chi connectivity index (χ1) is 11.8. The van der Waals surface area contributed by atoms with Crippen molar-refractivity contribution in [2.45, 2.75) is 25.9 Å². The number of nitrogens with one attached hydrogen (secondary N) is 1. The van der Waals surface area contributed by atoms with E-state index in [9.17, 15) is 18.0 Å². The van der Waals surface area contributed by atoms with E-state index in [1.54, 1.807) is 6.92 Å².